The SMILES string of the molecule is CC1(C)OP(=O)(c2ccccc2)C=C1[Se]c1ccccc1. The van der Waals surface area contributed by atoms with Crippen molar-refractivity contribution in [2.45, 2.75) is 19.4 Å². The number of rotatable bonds is 3. The van der Waals surface area contributed by atoms with Crippen LogP contribution in [0, 0.1) is 0 Å². The Hall–Kier alpha value is -1.11. The van der Waals surface area contributed by atoms with Gasteiger partial charge in [-0.15, -0.1) is 0 Å². The van der Waals surface area contributed by atoms with Gasteiger partial charge in [0.15, 0.2) is 0 Å². The first kappa shape index (κ1) is 14.8. The van der Waals surface area contributed by atoms with Crippen LogP contribution in [-0.2, 0) is 9.09 Å². The number of hydrogen-bond donors (Lipinski definition) is 0. The fourth-order valence-electron chi connectivity index (χ4n) is 2.25. The van der Waals surface area contributed by atoms with E-state index < -0.39 is 13.0 Å². The summed E-state index contributed by atoms with van der Waals surface area (Å²) in [5.74, 6) is 1.88. The minimum atomic E-state index is -2.88. The molecule has 1 atom stereocenters. The summed E-state index contributed by atoms with van der Waals surface area (Å²) in [7, 11) is -2.88. The van der Waals surface area contributed by atoms with Gasteiger partial charge in [-0.1, -0.05) is 0 Å². The second-order valence-corrected chi connectivity index (χ2v) is 9.93. The van der Waals surface area contributed by atoms with E-state index in [4.69, 9.17) is 4.52 Å². The van der Waals surface area contributed by atoms with Crippen molar-refractivity contribution in [3.05, 3.63) is 71.0 Å². The summed E-state index contributed by atoms with van der Waals surface area (Å²) < 4.78 is 21.5. The van der Waals surface area contributed by atoms with Crippen LogP contribution in [0.5, 0.6) is 0 Å². The molecular formula is C17H17O2PSe. The summed E-state index contributed by atoms with van der Waals surface area (Å²) in [5.41, 5.74) is -0.471. The zero-order valence-electron chi connectivity index (χ0n) is 12.0. The molecule has 0 amide bonds. The molecule has 0 saturated carbocycles. The number of benzene rings is 2. The summed E-state index contributed by atoms with van der Waals surface area (Å²) in [5, 5.41) is 0.775. The third-order valence-corrected chi connectivity index (χ3v) is 8.87. The van der Waals surface area contributed by atoms with Crippen LogP contribution < -0.4 is 9.77 Å². The Morgan fingerprint density at radius 1 is 0.952 bits per heavy atom. The van der Waals surface area contributed by atoms with Crippen LogP contribution in [0.1, 0.15) is 13.8 Å². The Morgan fingerprint density at radius 3 is 2.14 bits per heavy atom. The molecule has 2 nitrogen and oxygen atoms in total. The Morgan fingerprint density at radius 2 is 1.52 bits per heavy atom. The predicted molar refractivity (Wildman–Crippen MR) is 88.8 cm³/mol. The first-order chi connectivity index (χ1) is 10.00. The molecule has 2 aromatic carbocycles. The van der Waals surface area contributed by atoms with Crippen molar-refractivity contribution < 1.29 is 9.09 Å². The Balaban J connectivity index is 1.96. The zero-order chi connectivity index (χ0) is 14.9. The summed E-state index contributed by atoms with van der Waals surface area (Å²) in [6.45, 7) is 4.01. The maximum atomic E-state index is 13.1. The van der Waals surface area contributed by atoms with Gasteiger partial charge in [0, 0.05) is 0 Å². The predicted octanol–water partition coefficient (Wildman–Crippen LogP) is 3.27. The van der Waals surface area contributed by atoms with Crippen LogP contribution in [0.4, 0.5) is 0 Å². The summed E-state index contributed by atoms with van der Waals surface area (Å²) in [4.78, 5) is 0. The van der Waals surface area contributed by atoms with Crippen LogP contribution in [-0.4, -0.2) is 20.6 Å². The van der Waals surface area contributed by atoms with Crippen molar-refractivity contribution in [1.82, 2.24) is 0 Å². The molecule has 1 aliphatic heterocycles. The third kappa shape index (κ3) is 3.07. The van der Waals surface area contributed by atoms with Gasteiger partial charge in [0.1, 0.15) is 0 Å². The molecule has 1 unspecified atom stereocenters. The average Bonchev–Trinajstić information content (AvgIpc) is 2.71. The minimum absolute atomic E-state index is 0.131. The fourth-order valence-corrected chi connectivity index (χ4v) is 7.69. The second-order valence-electron chi connectivity index (χ2n) is 5.44. The zero-order valence-corrected chi connectivity index (χ0v) is 14.6. The van der Waals surface area contributed by atoms with Gasteiger partial charge in [-0.25, -0.2) is 0 Å². The van der Waals surface area contributed by atoms with Crippen molar-refractivity contribution >= 4 is 32.1 Å². The number of hydrogen-bond acceptors (Lipinski definition) is 2. The van der Waals surface area contributed by atoms with Gasteiger partial charge in [0.25, 0.3) is 0 Å². The van der Waals surface area contributed by atoms with Crippen LogP contribution >= 0.6 is 7.37 Å². The van der Waals surface area contributed by atoms with E-state index in [-0.39, 0.29) is 15.0 Å². The molecule has 0 fully saturated rings. The Bertz CT molecular complexity index is 708. The molecule has 0 aromatic heterocycles. The van der Waals surface area contributed by atoms with E-state index in [1.54, 1.807) is 0 Å². The van der Waals surface area contributed by atoms with Crippen LogP contribution in [0.3, 0.4) is 0 Å². The molecule has 0 saturated heterocycles. The van der Waals surface area contributed by atoms with Crippen LogP contribution in [0.25, 0.3) is 0 Å². The molecule has 108 valence electrons. The second kappa shape index (κ2) is 5.59. The Labute approximate surface area is 131 Å². The van der Waals surface area contributed by atoms with Gasteiger partial charge in [-0.05, 0) is 0 Å². The molecule has 0 aliphatic carbocycles. The molecule has 0 bridgehead atoms. The normalized spacial score (nSPS) is 23.8. The van der Waals surface area contributed by atoms with Gasteiger partial charge in [0.05, 0.1) is 0 Å². The molecule has 3 rings (SSSR count). The summed E-state index contributed by atoms with van der Waals surface area (Å²) in [6, 6.07) is 19.8. The molecule has 1 heterocycles. The van der Waals surface area contributed by atoms with E-state index in [2.05, 4.69) is 12.1 Å². The van der Waals surface area contributed by atoms with Crippen molar-refractivity contribution in [2.75, 3.05) is 0 Å². The van der Waals surface area contributed by atoms with Gasteiger partial charge in [-0.3, -0.25) is 0 Å². The van der Waals surface area contributed by atoms with E-state index in [1.807, 2.05) is 68.2 Å². The van der Waals surface area contributed by atoms with E-state index in [0.29, 0.717) is 0 Å². The molecule has 0 radical (unpaired) electrons. The van der Waals surface area contributed by atoms with Crippen molar-refractivity contribution in [3.63, 3.8) is 0 Å². The van der Waals surface area contributed by atoms with Crippen LogP contribution in [0.15, 0.2) is 71.0 Å². The maximum absolute atomic E-state index is 13.1. The average molecular weight is 363 g/mol. The summed E-state index contributed by atoms with van der Waals surface area (Å²) in [6.07, 6.45) is 0. The van der Waals surface area contributed by atoms with Crippen molar-refractivity contribution in [1.29, 1.82) is 0 Å². The first-order valence-electron chi connectivity index (χ1n) is 6.82. The molecule has 21 heavy (non-hydrogen) atoms. The van der Waals surface area contributed by atoms with E-state index in [1.165, 1.54) is 4.46 Å². The molecule has 2 aromatic rings. The van der Waals surface area contributed by atoms with E-state index >= 15 is 0 Å². The Kier molecular flexibility index (Phi) is 3.94. The quantitative estimate of drug-likeness (QED) is 0.618. The molecule has 1 aliphatic rings. The first-order valence-corrected chi connectivity index (χ1v) is 10.2. The van der Waals surface area contributed by atoms with Crippen molar-refractivity contribution in [3.8, 4) is 0 Å². The van der Waals surface area contributed by atoms with E-state index in [9.17, 15) is 4.57 Å². The molecule has 0 N–H and O–H groups in total. The van der Waals surface area contributed by atoms with Gasteiger partial charge in [-0.2, -0.15) is 0 Å². The third-order valence-electron chi connectivity index (χ3n) is 3.33. The van der Waals surface area contributed by atoms with E-state index in [0.717, 1.165) is 9.78 Å². The summed E-state index contributed by atoms with van der Waals surface area (Å²) >= 11 is 0.131. The molecular weight excluding hydrogens is 346 g/mol. The van der Waals surface area contributed by atoms with Crippen molar-refractivity contribution in [2.24, 2.45) is 0 Å². The fraction of sp³-hybridized carbons (Fsp3) is 0.176. The topological polar surface area (TPSA) is 26.3 Å². The van der Waals surface area contributed by atoms with Gasteiger partial charge in [0.2, 0.25) is 0 Å². The van der Waals surface area contributed by atoms with Crippen LogP contribution in [0.2, 0.25) is 0 Å². The monoisotopic (exact) mass is 364 g/mol. The standard InChI is InChI=1S/C17H17O2PSe/c1-17(2)16(21-15-11-7-4-8-12-15)13-20(18,19-17)14-9-5-3-6-10-14/h3-13H,1-2H3. The molecule has 4 heteroatoms. The van der Waals surface area contributed by atoms with Gasteiger partial charge >= 0.3 is 132 Å². The van der Waals surface area contributed by atoms with Gasteiger partial charge < -0.3 is 0 Å². The molecule has 0 spiro atoms.